The number of piperidine rings is 1. The highest BCUT2D eigenvalue weighted by Gasteiger charge is 2.28. The maximum Gasteiger partial charge on any atom is 0.321 e. The number of carbonyl (C=O) groups excluding carboxylic acids is 3. The van der Waals surface area contributed by atoms with Crippen LogP contribution in [0, 0.1) is 12.8 Å². The van der Waals surface area contributed by atoms with Crippen LogP contribution in [0.4, 0.5) is 16.2 Å². The van der Waals surface area contributed by atoms with Crippen LogP contribution in [0.5, 0.6) is 0 Å². The van der Waals surface area contributed by atoms with Crippen LogP contribution in [0.15, 0.2) is 53.0 Å². The van der Waals surface area contributed by atoms with E-state index in [1.165, 1.54) is 0 Å². The molecule has 0 spiro atoms. The monoisotopic (exact) mass is 473 g/mol. The van der Waals surface area contributed by atoms with Crippen molar-refractivity contribution >= 4 is 45.2 Å². The Bertz CT molecular complexity index is 912. The molecule has 0 bridgehead atoms. The molecule has 2 aromatic rings. The fraction of sp³-hybridized carbons (Fsp3) is 0.318. The first kappa shape index (κ1) is 21.8. The molecule has 1 aliphatic rings. The lowest BCUT2D eigenvalue weighted by molar-refractivity contribution is -0.152. The molecule has 1 heterocycles. The van der Waals surface area contributed by atoms with E-state index >= 15 is 0 Å². The van der Waals surface area contributed by atoms with Gasteiger partial charge in [-0.3, -0.25) is 9.59 Å². The third-order valence-electron chi connectivity index (χ3n) is 4.94. The first-order valence-corrected chi connectivity index (χ1v) is 10.6. The zero-order chi connectivity index (χ0) is 21.5. The summed E-state index contributed by atoms with van der Waals surface area (Å²) in [5.74, 6) is -1.11. The molecule has 3 amide bonds. The molecule has 2 aromatic carbocycles. The average molecular weight is 474 g/mol. The molecule has 1 aliphatic heterocycles. The topological polar surface area (TPSA) is 87.7 Å². The smallest absolute Gasteiger partial charge is 0.321 e. The number of nitrogens with zero attached hydrogens (tertiary/aromatic N) is 1. The van der Waals surface area contributed by atoms with E-state index in [4.69, 9.17) is 4.74 Å². The van der Waals surface area contributed by atoms with Gasteiger partial charge in [-0.1, -0.05) is 40.2 Å². The molecule has 0 aliphatic carbocycles. The van der Waals surface area contributed by atoms with Gasteiger partial charge in [0.2, 0.25) is 0 Å². The van der Waals surface area contributed by atoms with Gasteiger partial charge in [-0.2, -0.15) is 0 Å². The van der Waals surface area contributed by atoms with E-state index in [0.29, 0.717) is 31.6 Å². The minimum absolute atomic E-state index is 0.184. The van der Waals surface area contributed by atoms with Gasteiger partial charge in [-0.15, -0.1) is 0 Å². The van der Waals surface area contributed by atoms with Crippen molar-refractivity contribution in [3.63, 3.8) is 0 Å². The summed E-state index contributed by atoms with van der Waals surface area (Å²) in [6.45, 7) is 2.54. The quantitative estimate of drug-likeness (QED) is 0.637. The number of hydrogen-bond donors (Lipinski definition) is 2. The number of nitrogens with one attached hydrogen (secondary N) is 2. The SMILES string of the molecule is Cc1ccc(NC(=O)COC(=O)C2CCN(C(=O)Nc3ccccc3)CC2)cc1Br. The molecule has 158 valence electrons. The van der Waals surface area contributed by atoms with Crippen molar-refractivity contribution in [1.29, 1.82) is 0 Å². The summed E-state index contributed by atoms with van der Waals surface area (Å²) >= 11 is 3.41. The minimum Gasteiger partial charge on any atom is -0.455 e. The normalized spacial score (nSPS) is 14.1. The summed E-state index contributed by atoms with van der Waals surface area (Å²) in [6, 6.07) is 14.5. The predicted molar refractivity (Wildman–Crippen MR) is 118 cm³/mol. The van der Waals surface area contributed by atoms with Crippen LogP contribution < -0.4 is 10.6 Å². The number of hydrogen-bond acceptors (Lipinski definition) is 4. The molecular formula is C22H24BrN3O4. The third-order valence-corrected chi connectivity index (χ3v) is 5.80. The molecule has 7 nitrogen and oxygen atoms in total. The highest BCUT2D eigenvalue weighted by atomic mass is 79.9. The number of benzene rings is 2. The van der Waals surface area contributed by atoms with Crippen molar-refractivity contribution in [1.82, 2.24) is 4.90 Å². The molecule has 0 aromatic heterocycles. The van der Waals surface area contributed by atoms with E-state index in [-0.39, 0.29) is 18.6 Å². The van der Waals surface area contributed by atoms with Crippen LogP contribution in [0.25, 0.3) is 0 Å². The summed E-state index contributed by atoms with van der Waals surface area (Å²) in [5, 5.41) is 5.55. The molecule has 2 N–H and O–H groups in total. The second-order valence-corrected chi connectivity index (χ2v) is 8.03. The number of urea groups is 1. The standard InChI is InChI=1S/C22H24BrN3O4/c1-15-7-8-18(13-19(15)23)24-20(27)14-30-21(28)16-9-11-26(12-10-16)22(29)25-17-5-3-2-4-6-17/h2-8,13,16H,9-12,14H2,1H3,(H,24,27)(H,25,29). The Morgan fingerprint density at radius 1 is 1.03 bits per heavy atom. The van der Waals surface area contributed by atoms with Crippen LogP contribution in [0.1, 0.15) is 18.4 Å². The maximum atomic E-state index is 12.3. The lowest BCUT2D eigenvalue weighted by Crippen LogP contribution is -2.43. The molecule has 1 saturated heterocycles. The lowest BCUT2D eigenvalue weighted by atomic mass is 9.97. The largest absolute Gasteiger partial charge is 0.455 e. The van der Waals surface area contributed by atoms with Gasteiger partial charge in [0.1, 0.15) is 0 Å². The summed E-state index contributed by atoms with van der Waals surface area (Å²) in [7, 11) is 0. The molecule has 0 atom stereocenters. The number of aryl methyl sites for hydroxylation is 1. The van der Waals surface area contributed by atoms with Crippen LogP contribution in [-0.4, -0.2) is 42.5 Å². The van der Waals surface area contributed by atoms with Gasteiger partial charge in [0.15, 0.2) is 6.61 Å². The van der Waals surface area contributed by atoms with Gasteiger partial charge in [0.05, 0.1) is 5.92 Å². The van der Waals surface area contributed by atoms with Crippen molar-refractivity contribution in [2.24, 2.45) is 5.92 Å². The molecule has 3 rings (SSSR count). The second kappa shape index (κ2) is 10.2. The van der Waals surface area contributed by atoms with Crippen molar-refractivity contribution in [2.75, 3.05) is 30.3 Å². The van der Waals surface area contributed by atoms with Crippen molar-refractivity contribution in [3.05, 3.63) is 58.6 Å². The Labute approximate surface area is 183 Å². The molecule has 0 unspecified atom stereocenters. The Balaban J connectivity index is 1.40. The van der Waals surface area contributed by atoms with Crippen LogP contribution in [-0.2, 0) is 14.3 Å². The van der Waals surface area contributed by atoms with Crippen LogP contribution >= 0.6 is 15.9 Å². The van der Waals surface area contributed by atoms with E-state index in [2.05, 4.69) is 26.6 Å². The highest BCUT2D eigenvalue weighted by Crippen LogP contribution is 2.21. The molecule has 0 saturated carbocycles. The Morgan fingerprint density at radius 3 is 2.40 bits per heavy atom. The number of anilines is 2. The van der Waals surface area contributed by atoms with E-state index < -0.39 is 11.9 Å². The summed E-state index contributed by atoms with van der Waals surface area (Å²) in [5.41, 5.74) is 2.42. The number of halogens is 1. The average Bonchev–Trinajstić information content (AvgIpc) is 2.75. The Hall–Kier alpha value is -2.87. The number of ether oxygens (including phenoxy) is 1. The van der Waals surface area contributed by atoms with Gasteiger partial charge in [0, 0.05) is 28.9 Å². The van der Waals surface area contributed by atoms with E-state index in [1.807, 2.05) is 43.3 Å². The van der Waals surface area contributed by atoms with Gasteiger partial charge in [-0.05, 0) is 49.6 Å². The van der Waals surface area contributed by atoms with Gasteiger partial charge in [-0.25, -0.2) is 4.79 Å². The van der Waals surface area contributed by atoms with E-state index in [9.17, 15) is 14.4 Å². The minimum atomic E-state index is -0.404. The van der Waals surface area contributed by atoms with Gasteiger partial charge < -0.3 is 20.3 Å². The van der Waals surface area contributed by atoms with Crippen molar-refractivity contribution < 1.29 is 19.1 Å². The van der Waals surface area contributed by atoms with Crippen LogP contribution in [0.3, 0.4) is 0 Å². The molecule has 8 heteroatoms. The number of rotatable bonds is 5. The highest BCUT2D eigenvalue weighted by molar-refractivity contribution is 9.10. The zero-order valence-corrected chi connectivity index (χ0v) is 18.3. The number of likely N-dealkylation sites (tertiary alicyclic amines) is 1. The van der Waals surface area contributed by atoms with Gasteiger partial charge >= 0.3 is 12.0 Å². The summed E-state index contributed by atoms with van der Waals surface area (Å²) < 4.78 is 6.07. The molecule has 30 heavy (non-hydrogen) atoms. The first-order chi connectivity index (χ1) is 14.4. The van der Waals surface area contributed by atoms with Gasteiger partial charge in [0.25, 0.3) is 5.91 Å². The fourth-order valence-electron chi connectivity index (χ4n) is 3.16. The van der Waals surface area contributed by atoms with E-state index in [1.54, 1.807) is 17.0 Å². The molecular weight excluding hydrogens is 450 g/mol. The Kier molecular flexibility index (Phi) is 7.46. The number of para-hydroxylation sites is 1. The zero-order valence-electron chi connectivity index (χ0n) is 16.7. The Morgan fingerprint density at radius 2 is 1.73 bits per heavy atom. The summed E-state index contributed by atoms with van der Waals surface area (Å²) in [6.07, 6.45) is 1.02. The predicted octanol–water partition coefficient (Wildman–Crippen LogP) is 4.18. The number of amides is 3. The molecule has 0 radical (unpaired) electrons. The number of carbonyl (C=O) groups is 3. The first-order valence-electron chi connectivity index (χ1n) is 9.76. The van der Waals surface area contributed by atoms with Crippen molar-refractivity contribution in [3.8, 4) is 0 Å². The fourth-order valence-corrected chi connectivity index (χ4v) is 3.54. The van der Waals surface area contributed by atoms with Crippen LogP contribution in [0.2, 0.25) is 0 Å². The lowest BCUT2D eigenvalue weighted by Gasteiger charge is -2.30. The van der Waals surface area contributed by atoms with E-state index in [0.717, 1.165) is 15.7 Å². The summed E-state index contributed by atoms with van der Waals surface area (Å²) in [4.78, 5) is 38.3. The maximum absolute atomic E-state index is 12.3. The van der Waals surface area contributed by atoms with Crippen molar-refractivity contribution in [2.45, 2.75) is 19.8 Å². The third kappa shape index (κ3) is 6.06. The molecule has 1 fully saturated rings. The number of esters is 1. The second-order valence-electron chi connectivity index (χ2n) is 7.18.